The van der Waals surface area contributed by atoms with Crippen LogP contribution in [0.1, 0.15) is 13.3 Å². The number of hydrogen-bond acceptors (Lipinski definition) is 2. The molecule has 3 heteroatoms. The first kappa shape index (κ1) is 10.8. The van der Waals surface area contributed by atoms with Gasteiger partial charge in [-0.15, -0.1) is 0 Å². The number of hydrogen-bond donors (Lipinski definition) is 0. The van der Waals surface area contributed by atoms with Crippen molar-refractivity contribution in [1.82, 2.24) is 0 Å². The zero-order valence-corrected chi connectivity index (χ0v) is 8.64. The molecule has 0 atom stereocenters. The van der Waals surface area contributed by atoms with Crippen molar-refractivity contribution in [1.29, 1.82) is 5.26 Å². The van der Waals surface area contributed by atoms with E-state index in [9.17, 15) is 4.39 Å². The summed E-state index contributed by atoms with van der Waals surface area (Å²) in [6.45, 7) is 1.93. The van der Waals surface area contributed by atoms with Gasteiger partial charge >= 0.3 is 0 Å². The molecule has 1 aromatic carbocycles. The molecular formula is C11H10FNS. The number of allylic oxidation sites excluding steroid dienone is 1. The molecule has 0 heterocycles. The minimum Gasteiger partial charge on any atom is -0.207 e. The van der Waals surface area contributed by atoms with Crippen LogP contribution in [0.25, 0.3) is 0 Å². The van der Waals surface area contributed by atoms with E-state index in [1.54, 1.807) is 17.5 Å². The first-order valence-electron chi connectivity index (χ1n) is 4.27. The monoisotopic (exact) mass is 207 g/mol. The van der Waals surface area contributed by atoms with Crippen LogP contribution in [-0.2, 0) is 0 Å². The van der Waals surface area contributed by atoms with E-state index < -0.39 is 0 Å². The Labute approximate surface area is 87.2 Å². The molecule has 0 radical (unpaired) electrons. The van der Waals surface area contributed by atoms with Gasteiger partial charge in [0.2, 0.25) is 0 Å². The average molecular weight is 207 g/mol. The molecule has 0 aromatic heterocycles. The maximum atomic E-state index is 12.5. The van der Waals surface area contributed by atoms with Crippen molar-refractivity contribution in [2.45, 2.75) is 18.2 Å². The second-order valence-electron chi connectivity index (χ2n) is 2.68. The molecule has 1 nitrogen and oxygen atoms in total. The van der Waals surface area contributed by atoms with Crippen LogP contribution in [0.4, 0.5) is 4.39 Å². The zero-order valence-electron chi connectivity index (χ0n) is 7.83. The Hall–Kier alpha value is -1.27. The van der Waals surface area contributed by atoms with Gasteiger partial charge in [-0.05, 0) is 36.1 Å². The third-order valence-corrected chi connectivity index (χ3v) is 2.62. The fraction of sp³-hybridized carbons (Fsp3) is 0.182. The summed E-state index contributed by atoms with van der Waals surface area (Å²) in [5, 5.41) is 10.5. The fourth-order valence-electron chi connectivity index (χ4n) is 0.841. The molecule has 14 heavy (non-hydrogen) atoms. The summed E-state index contributed by atoms with van der Waals surface area (Å²) >= 11 is 1.44. The first-order valence-corrected chi connectivity index (χ1v) is 5.15. The topological polar surface area (TPSA) is 23.8 Å². The van der Waals surface area contributed by atoms with Gasteiger partial charge in [0.05, 0.1) is 6.07 Å². The second-order valence-corrected chi connectivity index (χ2v) is 3.62. The first-order chi connectivity index (χ1) is 6.76. The standard InChI is InChI=1S/C11H10FNS/c1-2-9(7-13)8-14-11-5-3-10(12)4-6-11/h3-6,8H,2H2,1H3. The molecule has 0 N–H and O–H groups in total. The minimum atomic E-state index is -0.241. The van der Waals surface area contributed by atoms with Crippen molar-refractivity contribution in [3.8, 4) is 6.07 Å². The third kappa shape index (κ3) is 3.23. The Bertz CT molecular complexity index is 362. The van der Waals surface area contributed by atoms with E-state index in [-0.39, 0.29) is 5.82 Å². The highest BCUT2D eigenvalue weighted by molar-refractivity contribution is 8.02. The van der Waals surface area contributed by atoms with Crippen LogP contribution in [0.15, 0.2) is 40.1 Å². The largest absolute Gasteiger partial charge is 0.207 e. The van der Waals surface area contributed by atoms with Crippen molar-refractivity contribution in [3.63, 3.8) is 0 Å². The van der Waals surface area contributed by atoms with Gasteiger partial charge in [-0.1, -0.05) is 18.7 Å². The van der Waals surface area contributed by atoms with Crippen LogP contribution < -0.4 is 0 Å². The summed E-state index contributed by atoms with van der Waals surface area (Å²) in [5.74, 6) is -0.241. The Morgan fingerprint density at radius 2 is 2.14 bits per heavy atom. The maximum Gasteiger partial charge on any atom is 0.123 e. The van der Waals surface area contributed by atoms with Crippen LogP contribution in [-0.4, -0.2) is 0 Å². The smallest absolute Gasteiger partial charge is 0.123 e. The Balaban J connectivity index is 2.66. The van der Waals surface area contributed by atoms with Gasteiger partial charge < -0.3 is 0 Å². The molecule has 0 saturated carbocycles. The highest BCUT2D eigenvalue weighted by atomic mass is 32.2. The Morgan fingerprint density at radius 3 is 2.64 bits per heavy atom. The van der Waals surface area contributed by atoms with E-state index in [1.807, 2.05) is 6.92 Å². The number of thioether (sulfide) groups is 1. The summed E-state index contributed by atoms with van der Waals surface area (Å²) in [7, 11) is 0. The molecule has 1 rings (SSSR count). The quantitative estimate of drug-likeness (QED) is 0.557. The number of nitriles is 1. The lowest BCUT2D eigenvalue weighted by atomic mass is 10.3. The lowest BCUT2D eigenvalue weighted by Gasteiger charge is -1.96. The molecule has 0 amide bonds. The summed E-state index contributed by atoms with van der Waals surface area (Å²) < 4.78 is 12.5. The average Bonchev–Trinajstić information content (AvgIpc) is 2.22. The molecule has 0 saturated heterocycles. The fourth-order valence-corrected chi connectivity index (χ4v) is 1.63. The van der Waals surface area contributed by atoms with Crippen molar-refractivity contribution in [3.05, 3.63) is 41.1 Å². The van der Waals surface area contributed by atoms with E-state index >= 15 is 0 Å². The molecule has 0 aliphatic heterocycles. The van der Waals surface area contributed by atoms with E-state index in [4.69, 9.17) is 5.26 Å². The molecule has 0 bridgehead atoms. The van der Waals surface area contributed by atoms with Gasteiger partial charge in [-0.3, -0.25) is 0 Å². The van der Waals surface area contributed by atoms with Crippen LogP contribution in [0, 0.1) is 17.1 Å². The van der Waals surface area contributed by atoms with E-state index in [2.05, 4.69) is 6.07 Å². The predicted octanol–water partition coefficient (Wildman–Crippen LogP) is 3.74. The second kappa shape index (κ2) is 5.46. The van der Waals surface area contributed by atoms with Crippen molar-refractivity contribution in [2.75, 3.05) is 0 Å². The molecule has 0 unspecified atom stereocenters. The number of nitrogens with zero attached hydrogens (tertiary/aromatic N) is 1. The zero-order chi connectivity index (χ0) is 10.4. The van der Waals surface area contributed by atoms with Crippen molar-refractivity contribution in [2.24, 2.45) is 0 Å². The number of benzene rings is 1. The van der Waals surface area contributed by atoms with Crippen LogP contribution in [0.3, 0.4) is 0 Å². The summed E-state index contributed by atoms with van der Waals surface area (Å²) in [6, 6.07) is 8.31. The molecule has 1 aromatic rings. The summed E-state index contributed by atoms with van der Waals surface area (Å²) in [6.07, 6.45) is 0.727. The Morgan fingerprint density at radius 1 is 1.50 bits per heavy atom. The van der Waals surface area contributed by atoms with Gasteiger partial charge in [0.15, 0.2) is 0 Å². The van der Waals surface area contributed by atoms with Crippen LogP contribution in [0.5, 0.6) is 0 Å². The molecular weight excluding hydrogens is 197 g/mol. The molecule has 0 fully saturated rings. The SMILES string of the molecule is CCC(C#N)=CSc1ccc(F)cc1. The highest BCUT2D eigenvalue weighted by Gasteiger charge is 1.94. The number of rotatable bonds is 3. The van der Waals surface area contributed by atoms with E-state index in [0.29, 0.717) is 0 Å². The predicted molar refractivity (Wildman–Crippen MR) is 56.2 cm³/mol. The molecule has 0 spiro atoms. The maximum absolute atomic E-state index is 12.5. The van der Waals surface area contributed by atoms with Gasteiger partial charge in [0.25, 0.3) is 0 Å². The Kier molecular flexibility index (Phi) is 4.21. The lowest BCUT2D eigenvalue weighted by molar-refractivity contribution is 0.626. The minimum absolute atomic E-state index is 0.241. The highest BCUT2D eigenvalue weighted by Crippen LogP contribution is 2.21. The normalized spacial score (nSPS) is 11.1. The van der Waals surface area contributed by atoms with Crippen LogP contribution in [0.2, 0.25) is 0 Å². The summed E-state index contributed by atoms with van der Waals surface area (Å²) in [5.41, 5.74) is 0.735. The summed E-state index contributed by atoms with van der Waals surface area (Å²) in [4.78, 5) is 0.938. The number of halogens is 1. The lowest BCUT2D eigenvalue weighted by Crippen LogP contribution is -1.74. The van der Waals surface area contributed by atoms with E-state index in [1.165, 1.54) is 23.9 Å². The third-order valence-electron chi connectivity index (χ3n) is 1.68. The van der Waals surface area contributed by atoms with Gasteiger partial charge in [-0.25, -0.2) is 4.39 Å². The van der Waals surface area contributed by atoms with Gasteiger partial charge in [0, 0.05) is 10.5 Å². The van der Waals surface area contributed by atoms with E-state index in [0.717, 1.165) is 16.9 Å². The molecule has 0 aliphatic rings. The molecule has 0 aliphatic carbocycles. The van der Waals surface area contributed by atoms with Crippen molar-refractivity contribution >= 4 is 11.8 Å². The van der Waals surface area contributed by atoms with Gasteiger partial charge in [0.1, 0.15) is 5.82 Å². The van der Waals surface area contributed by atoms with Gasteiger partial charge in [-0.2, -0.15) is 5.26 Å². The van der Waals surface area contributed by atoms with Crippen LogP contribution >= 0.6 is 11.8 Å². The molecule has 72 valence electrons. The van der Waals surface area contributed by atoms with Crippen molar-refractivity contribution < 1.29 is 4.39 Å².